The van der Waals surface area contributed by atoms with Crippen molar-refractivity contribution in [2.75, 3.05) is 86.5 Å². The molecule has 4 aliphatic rings. The Bertz CT molecular complexity index is 2030. The van der Waals surface area contributed by atoms with Crippen molar-refractivity contribution in [3.8, 4) is 0 Å². The topological polar surface area (TPSA) is 135 Å². The molecule has 4 amide bonds. The van der Waals surface area contributed by atoms with Gasteiger partial charge in [-0.25, -0.2) is 14.8 Å². The average Bonchev–Trinajstić information content (AvgIpc) is 3.86. The lowest BCUT2D eigenvalue weighted by molar-refractivity contribution is -0.120. The maximum Gasteiger partial charge on any atom is 0.328 e. The largest absolute Gasteiger partial charge is 0.371 e. The lowest BCUT2D eigenvalue weighted by Crippen LogP contribution is -2.49. The number of amides is 4. The number of hydrogen-bond donors (Lipinski definition) is 2. The first kappa shape index (κ1) is 37.0. The van der Waals surface area contributed by atoms with Crippen LogP contribution in [0, 0.1) is 5.92 Å². The monoisotopic (exact) mass is 767 g/mol. The molecular formula is C40H50ClN11O3. The molecule has 0 atom stereocenters. The number of carbonyl (C=O) groups excluding carboxylic acids is 3. The van der Waals surface area contributed by atoms with Crippen molar-refractivity contribution >= 4 is 69.3 Å². The lowest BCUT2D eigenvalue weighted by atomic mass is 9.93. The van der Waals surface area contributed by atoms with E-state index >= 15 is 0 Å². The van der Waals surface area contributed by atoms with E-state index in [4.69, 9.17) is 21.6 Å². The number of pyridine rings is 1. The molecule has 1 aromatic carbocycles. The van der Waals surface area contributed by atoms with Gasteiger partial charge in [-0.1, -0.05) is 24.4 Å². The quantitative estimate of drug-likeness (QED) is 0.201. The number of piperazine rings is 1. The molecule has 2 N–H and O–H groups in total. The maximum absolute atomic E-state index is 13.1. The molecule has 1 aliphatic carbocycles. The number of nitrogens with one attached hydrogen (secondary N) is 2. The minimum Gasteiger partial charge on any atom is -0.371 e. The van der Waals surface area contributed by atoms with Crippen LogP contribution in [0.1, 0.15) is 67.9 Å². The van der Waals surface area contributed by atoms with Crippen LogP contribution in [0.25, 0.3) is 11.0 Å². The van der Waals surface area contributed by atoms with Crippen LogP contribution in [-0.2, 0) is 4.79 Å². The molecule has 0 bridgehead atoms. The number of hydrogen-bond acceptors (Lipinski definition) is 10. The van der Waals surface area contributed by atoms with Crippen LogP contribution in [0.2, 0.25) is 5.02 Å². The van der Waals surface area contributed by atoms with Crippen molar-refractivity contribution in [2.45, 2.75) is 57.4 Å². The number of nitrogens with zero attached hydrogens (tertiary/aromatic N) is 9. The zero-order chi connectivity index (χ0) is 38.1. The number of rotatable bonds is 10. The molecular weight excluding hydrogens is 718 g/mol. The van der Waals surface area contributed by atoms with Gasteiger partial charge < -0.3 is 24.6 Å². The Hall–Kier alpha value is -4.95. The van der Waals surface area contributed by atoms with Gasteiger partial charge in [-0.05, 0) is 81.0 Å². The zero-order valence-electron chi connectivity index (χ0n) is 31.7. The number of benzene rings is 1. The van der Waals surface area contributed by atoms with Gasteiger partial charge >= 0.3 is 6.03 Å². The van der Waals surface area contributed by atoms with Crippen LogP contribution >= 0.6 is 11.6 Å². The summed E-state index contributed by atoms with van der Waals surface area (Å²) >= 11 is 6.62. The van der Waals surface area contributed by atoms with Gasteiger partial charge in [-0.15, -0.1) is 0 Å². The molecule has 8 rings (SSSR count). The summed E-state index contributed by atoms with van der Waals surface area (Å²) in [6.45, 7) is 7.40. The lowest BCUT2D eigenvalue weighted by Gasteiger charge is -2.38. The van der Waals surface area contributed by atoms with Gasteiger partial charge in [0.25, 0.3) is 5.91 Å². The molecule has 55 heavy (non-hydrogen) atoms. The van der Waals surface area contributed by atoms with Crippen LogP contribution < -0.4 is 25.3 Å². The predicted molar refractivity (Wildman–Crippen MR) is 216 cm³/mol. The van der Waals surface area contributed by atoms with Gasteiger partial charge in [0.15, 0.2) is 0 Å². The number of imide groups is 1. The number of halogens is 1. The average molecular weight is 768 g/mol. The van der Waals surface area contributed by atoms with Crippen molar-refractivity contribution in [1.82, 2.24) is 34.6 Å². The summed E-state index contributed by atoms with van der Waals surface area (Å²) < 4.78 is 2.13. The van der Waals surface area contributed by atoms with E-state index in [1.54, 1.807) is 25.2 Å². The highest BCUT2D eigenvalue weighted by atomic mass is 35.5. The van der Waals surface area contributed by atoms with Gasteiger partial charge in [-0.3, -0.25) is 24.7 Å². The Morgan fingerprint density at radius 2 is 1.64 bits per heavy atom. The van der Waals surface area contributed by atoms with Crippen molar-refractivity contribution in [3.63, 3.8) is 0 Å². The standard InChI is InChI=1S/C40H50ClN11O3/c1-47(2)38(54)34-23-28-25-43-39(46-37(28)52(34)29-5-3-4-6-29)44-35-10-8-31(26-42-35)50-21-19-48(20-22-50)15-11-27-12-16-49(17-13-27)30-7-9-33(32(41)24-30)51-18-14-36(53)45-40(51)55/h7-10,23-27,29H,3-6,11-22H2,1-2H3,(H,45,53,55)(H,42,43,44,46). The first-order valence-corrected chi connectivity index (χ1v) is 20.0. The predicted octanol–water partition coefficient (Wildman–Crippen LogP) is 5.92. The Kier molecular flexibility index (Phi) is 10.8. The minimum atomic E-state index is -0.422. The van der Waals surface area contributed by atoms with Gasteiger partial charge in [0.1, 0.15) is 17.2 Å². The summed E-state index contributed by atoms with van der Waals surface area (Å²) in [5.41, 5.74) is 4.27. The summed E-state index contributed by atoms with van der Waals surface area (Å²) in [6, 6.07) is 11.7. The van der Waals surface area contributed by atoms with E-state index in [2.05, 4.69) is 41.0 Å². The van der Waals surface area contributed by atoms with Gasteiger partial charge in [0.05, 0.1) is 22.6 Å². The van der Waals surface area contributed by atoms with Gasteiger partial charge in [0.2, 0.25) is 11.9 Å². The van der Waals surface area contributed by atoms with Crippen LogP contribution in [0.4, 0.5) is 33.6 Å². The number of piperidine rings is 1. The van der Waals surface area contributed by atoms with E-state index in [0.717, 1.165) is 107 Å². The SMILES string of the molecule is CN(C)C(=O)c1cc2cnc(Nc3ccc(N4CCN(CCC5CCN(c6ccc(N7CCC(=O)NC7=O)c(Cl)c6)CC5)CC4)cn3)nc2n1C1CCCC1. The first-order valence-electron chi connectivity index (χ1n) is 19.7. The van der Waals surface area contributed by atoms with E-state index < -0.39 is 6.03 Å². The highest BCUT2D eigenvalue weighted by Crippen LogP contribution is 2.36. The Balaban J connectivity index is 0.797. The van der Waals surface area contributed by atoms with Crippen molar-refractivity contribution < 1.29 is 14.4 Å². The third kappa shape index (κ3) is 8.06. The molecule has 290 valence electrons. The van der Waals surface area contributed by atoms with Gasteiger partial charge in [-0.2, -0.15) is 4.98 Å². The van der Waals surface area contributed by atoms with Crippen molar-refractivity contribution in [1.29, 1.82) is 0 Å². The molecule has 6 heterocycles. The molecule has 15 heteroatoms. The van der Waals surface area contributed by atoms with Gasteiger partial charge in [0, 0.05) is 89.6 Å². The fraction of sp³-hybridized carbons (Fsp3) is 0.500. The highest BCUT2D eigenvalue weighted by molar-refractivity contribution is 6.34. The summed E-state index contributed by atoms with van der Waals surface area (Å²) in [5, 5.41) is 7.05. The number of anilines is 5. The fourth-order valence-corrected chi connectivity index (χ4v) is 8.81. The Morgan fingerprint density at radius 3 is 2.33 bits per heavy atom. The summed E-state index contributed by atoms with van der Waals surface area (Å²) in [4.78, 5) is 61.6. The molecule has 3 saturated heterocycles. The zero-order valence-corrected chi connectivity index (χ0v) is 32.5. The number of carbonyl (C=O) groups is 3. The molecule has 0 unspecified atom stereocenters. The fourth-order valence-electron chi connectivity index (χ4n) is 8.54. The van der Waals surface area contributed by atoms with E-state index in [-0.39, 0.29) is 24.3 Å². The third-order valence-electron chi connectivity index (χ3n) is 11.7. The maximum atomic E-state index is 13.1. The second kappa shape index (κ2) is 16.0. The van der Waals surface area contributed by atoms with Crippen LogP contribution in [-0.4, -0.2) is 114 Å². The molecule has 3 aromatic heterocycles. The molecule has 3 aliphatic heterocycles. The van der Waals surface area contributed by atoms with Crippen LogP contribution in [0.5, 0.6) is 0 Å². The first-order chi connectivity index (χ1) is 26.7. The minimum absolute atomic E-state index is 0.0191. The van der Waals surface area contributed by atoms with E-state index in [0.29, 0.717) is 40.6 Å². The van der Waals surface area contributed by atoms with Crippen LogP contribution in [0.15, 0.2) is 48.8 Å². The van der Waals surface area contributed by atoms with E-state index in [1.807, 2.05) is 36.5 Å². The Morgan fingerprint density at radius 1 is 0.891 bits per heavy atom. The summed E-state index contributed by atoms with van der Waals surface area (Å²) in [7, 11) is 3.57. The summed E-state index contributed by atoms with van der Waals surface area (Å²) in [5.74, 6) is 1.57. The van der Waals surface area contributed by atoms with Crippen molar-refractivity contribution in [2.24, 2.45) is 5.92 Å². The van der Waals surface area contributed by atoms with Crippen molar-refractivity contribution in [3.05, 3.63) is 59.5 Å². The van der Waals surface area contributed by atoms with Crippen LogP contribution in [0.3, 0.4) is 0 Å². The molecule has 0 radical (unpaired) electrons. The second-order valence-corrected chi connectivity index (χ2v) is 15.9. The molecule has 0 spiro atoms. The third-order valence-corrected chi connectivity index (χ3v) is 12.0. The molecule has 4 fully saturated rings. The number of urea groups is 1. The highest BCUT2D eigenvalue weighted by Gasteiger charge is 2.29. The van der Waals surface area contributed by atoms with E-state index in [1.165, 1.54) is 11.3 Å². The Labute approximate surface area is 326 Å². The molecule has 1 saturated carbocycles. The number of fused-ring (bicyclic) bond motifs is 1. The smallest absolute Gasteiger partial charge is 0.328 e. The number of aromatic nitrogens is 4. The normalized spacial score (nSPS) is 19.0. The summed E-state index contributed by atoms with van der Waals surface area (Å²) in [6.07, 6.45) is 11.9. The second-order valence-electron chi connectivity index (χ2n) is 15.5. The molecule has 4 aromatic rings. The van der Waals surface area contributed by atoms with E-state index in [9.17, 15) is 14.4 Å². The molecule has 14 nitrogen and oxygen atoms in total.